The molecule has 1 aliphatic heterocycles. The van der Waals surface area contributed by atoms with Crippen LogP contribution in [0.15, 0.2) is 109 Å². The number of anilines is 1. The summed E-state index contributed by atoms with van der Waals surface area (Å²) in [5.74, 6) is 0.0943. The first-order valence-corrected chi connectivity index (χ1v) is 14.4. The number of carbonyl (C=O) groups excluding carboxylic acids is 1. The van der Waals surface area contributed by atoms with E-state index in [0.717, 1.165) is 38.3 Å². The van der Waals surface area contributed by atoms with Crippen molar-refractivity contribution >= 4 is 34.1 Å². The monoisotopic (exact) mass is 547 g/mol. The van der Waals surface area contributed by atoms with Crippen molar-refractivity contribution in [3.8, 4) is 0 Å². The lowest BCUT2D eigenvalue weighted by atomic mass is 9.87. The Morgan fingerprint density at radius 3 is 2.33 bits per heavy atom. The normalized spacial score (nSPS) is 14.4. The van der Waals surface area contributed by atoms with Gasteiger partial charge >= 0.3 is 0 Å². The predicted molar refractivity (Wildman–Crippen MR) is 165 cm³/mol. The lowest BCUT2D eigenvalue weighted by molar-refractivity contribution is -0.131. The Balaban J connectivity index is 1.29. The third kappa shape index (κ3) is 5.50. The van der Waals surface area contributed by atoms with Gasteiger partial charge in [0.25, 0.3) is 0 Å². The largest absolute Gasteiger partial charge is 0.368 e. The number of carbonyl (C=O) groups is 1. The molecule has 1 fully saturated rings. The summed E-state index contributed by atoms with van der Waals surface area (Å²) in [7, 11) is 0. The molecule has 5 aromatic rings. The number of aryl methyl sites for hydroxylation is 1. The average molecular weight is 548 g/mol. The summed E-state index contributed by atoms with van der Waals surface area (Å²) in [6.07, 6.45) is 2.65. The first kappa shape index (κ1) is 26.2. The van der Waals surface area contributed by atoms with Crippen molar-refractivity contribution in [2.24, 2.45) is 0 Å². The van der Waals surface area contributed by atoms with Crippen molar-refractivity contribution in [1.29, 1.82) is 0 Å². The van der Waals surface area contributed by atoms with Gasteiger partial charge in [-0.1, -0.05) is 90.5 Å². The molecular formula is C35H34ClN3O. The molecule has 1 aliphatic rings. The molecule has 0 aliphatic carbocycles. The highest BCUT2D eigenvalue weighted by Crippen LogP contribution is 2.36. The Labute approximate surface area is 241 Å². The number of hydrogen-bond acceptors (Lipinski definition) is 2. The molecule has 6 rings (SSSR count). The number of hydrogen-bond donors (Lipinski definition) is 0. The number of para-hydroxylation sites is 2. The first-order valence-electron chi connectivity index (χ1n) is 14.0. The predicted octanol–water partition coefficient (Wildman–Crippen LogP) is 7.52. The van der Waals surface area contributed by atoms with Crippen molar-refractivity contribution in [1.82, 2.24) is 9.47 Å². The van der Waals surface area contributed by atoms with Gasteiger partial charge in [0.15, 0.2) is 0 Å². The SMILES string of the molecule is Cc1ccccc1N1CCN(C(=O)CC(c2cccc(Cl)c2)c2cn(Cc3ccccc3)c3ccccc23)CC1. The van der Waals surface area contributed by atoms with Crippen LogP contribution in [0.1, 0.15) is 34.6 Å². The molecule has 1 saturated heterocycles. The molecule has 0 bridgehead atoms. The number of rotatable bonds is 7. The van der Waals surface area contributed by atoms with Crippen LogP contribution in [0.2, 0.25) is 5.02 Å². The number of nitrogens with zero attached hydrogens (tertiary/aromatic N) is 3. The third-order valence-corrected chi connectivity index (χ3v) is 8.34. The van der Waals surface area contributed by atoms with Crippen molar-refractivity contribution in [2.75, 3.05) is 31.1 Å². The minimum absolute atomic E-state index is 0.0949. The van der Waals surface area contributed by atoms with Gasteiger partial charge in [0.05, 0.1) is 0 Å². The zero-order chi connectivity index (χ0) is 27.5. The van der Waals surface area contributed by atoms with E-state index in [1.807, 2.05) is 29.2 Å². The second-order valence-corrected chi connectivity index (χ2v) is 11.1. The molecule has 0 saturated carbocycles. The highest BCUT2D eigenvalue weighted by atomic mass is 35.5. The topological polar surface area (TPSA) is 28.5 Å². The van der Waals surface area contributed by atoms with Gasteiger partial charge < -0.3 is 14.4 Å². The van der Waals surface area contributed by atoms with Crippen LogP contribution < -0.4 is 4.90 Å². The van der Waals surface area contributed by atoms with Crippen LogP contribution >= 0.6 is 11.6 Å². The van der Waals surface area contributed by atoms with Crippen LogP contribution in [-0.4, -0.2) is 41.6 Å². The maximum absolute atomic E-state index is 13.9. The van der Waals surface area contributed by atoms with Gasteiger partial charge in [0.1, 0.15) is 0 Å². The van der Waals surface area contributed by atoms with Crippen molar-refractivity contribution < 1.29 is 4.79 Å². The molecule has 0 radical (unpaired) electrons. The molecule has 4 aromatic carbocycles. The van der Waals surface area contributed by atoms with E-state index in [1.165, 1.54) is 33.3 Å². The Morgan fingerprint density at radius 1 is 0.825 bits per heavy atom. The second kappa shape index (κ2) is 11.6. The number of fused-ring (bicyclic) bond motifs is 1. The van der Waals surface area contributed by atoms with E-state index in [1.54, 1.807) is 0 Å². The summed E-state index contributed by atoms with van der Waals surface area (Å²) in [4.78, 5) is 18.3. The summed E-state index contributed by atoms with van der Waals surface area (Å²) < 4.78 is 2.31. The zero-order valence-corrected chi connectivity index (χ0v) is 23.6. The maximum atomic E-state index is 13.9. The van der Waals surface area contributed by atoms with E-state index in [9.17, 15) is 4.79 Å². The molecule has 2 heterocycles. The quantitative estimate of drug-likeness (QED) is 0.211. The Kier molecular flexibility index (Phi) is 7.61. The zero-order valence-electron chi connectivity index (χ0n) is 22.8. The molecule has 5 heteroatoms. The number of piperazine rings is 1. The fraction of sp³-hybridized carbons (Fsp3) is 0.229. The highest BCUT2D eigenvalue weighted by Gasteiger charge is 2.28. The standard InChI is InChI=1S/C35H34ClN3O/c1-26-10-5-7-16-33(26)37-18-20-38(21-19-37)35(40)23-31(28-13-9-14-29(36)22-28)32-25-39(24-27-11-3-2-4-12-27)34-17-8-6-15-30(32)34/h2-17,22,25,31H,18-21,23-24H2,1H3. The molecule has 0 N–H and O–H groups in total. The Bertz CT molecular complexity index is 1620. The van der Waals surface area contributed by atoms with E-state index >= 15 is 0 Å². The molecule has 1 amide bonds. The van der Waals surface area contributed by atoms with Crippen LogP contribution in [0.5, 0.6) is 0 Å². The molecule has 1 aromatic heterocycles. The van der Waals surface area contributed by atoms with Crippen LogP contribution in [0.3, 0.4) is 0 Å². The minimum atomic E-state index is -0.0949. The van der Waals surface area contributed by atoms with E-state index in [0.29, 0.717) is 11.4 Å². The number of benzene rings is 4. The molecule has 40 heavy (non-hydrogen) atoms. The van der Waals surface area contributed by atoms with Crippen LogP contribution in [0.4, 0.5) is 5.69 Å². The summed E-state index contributed by atoms with van der Waals surface area (Å²) in [6, 6.07) is 35.5. The maximum Gasteiger partial charge on any atom is 0.223 e. The van der Waals surface area contributed by atoms with Crippen LogP contribution in [-0.2, 0) is 11.3 Å². The minimum Gasteiger partial charge on any atom is -0.368 e. The Morgan fingerprint density at radius 2 is 1.55 bits per heavy atom. The number of halogens is 1. The lowest BCUT2D eigenvalue weighted by Crippen LogP contribution is -2.49. The van der Waals surface area contributed by atoms with Gasteiger partial charge in [-0.05, 0) is 53.4 Å². The molecule has 202 valence electrons. The summed E-state index contributed by atoms with van der Waals surface area (Å²) in [5.41, 5.74) is 7.19. The van der Waals surface area contributed by atoms with E-state index < -0.39 is 0 Å². The molecule has 0 spiro atoms. The van der Waals surface area contributed by atoms with E-state index in [2.05, 4.69) is 101 Å². The van der Waals surface area contributed by atoms with Gasteiger partial charge in [-0.15, -0.1) is 0 Å². The lowest BCUT2D eigenvalue weighted by Gasteiger charge is -2.37. The summed E-state index contributed by atoms with van der Waals surface area (Å²) in [5, 5.41) is 1.87. The van der Waals surface area contributed by atoms with Gasteiger partial charge in [-0.3, -0.25) is 4.79 Å². The van der Waals surface area contributed by atoms with Gasteiger partial charge in [-0.2, -0.15) is 0 Å². The number of amides is 1. The van der Waals surface area contributed by atoms with Crippen LogP contribution in [0, 0.1) is 6.92 Å². The second-order valence-electron chi connectivity index (χ2n) is 10.7. The van der Waals surface area contributed by atoms with Crippen molar-refractivity contribution in [3.05, 3.63) is 137 Å². The smallest absolute Gasteiger partial charge is 0.223 e. The molecule has 4 nitrogen and oxygen atoms in total. The van der Waals surface area contributed by atoms with E-state index in [4.69, 9.17) is 11.6 Å². The van der Waals surface area contributed by atoms with Gasteiger partial charge in [0, 0.05) is 72.9 Å². The Hall–Kier alpha value is -4.02. The highest BCUT2D eigenvalue weighted by molar-refractivity contribution is 6.30. The first-order chi connectivity index (χ1) is 19.6. The van der Waals surface area contributed by atoms with Gasteiger partial charge in [0.2, 0.25) is 5.91 Å². The molecule has 1 atom stereocenters. The molecular weight excluding hydrogens is 514 g/mol. The summed E-state index contributed by atoms with van der Waals surface area (Å²) in [6.45, 7) is 6.06. The third-order valence-electron chi connectivity index (χ3n) is 8.11. The number of aromatic nitrogens is 1. The summed E-state index contributed by atoms with van der Waals surface area (Å²) >= 11 is 6.47. The fourth-order valence-electron chi connectivity index (χ4n) is 6.01. The van der Waals surface area contributed by atoms with Crippen molar-refractivity contribution in [2.45, 2.75) is 25.8 Å². The fourth-order valence-corrected chi connectivity index (χ4v) is 6.21. The van der Waals surface area contributed by atoms with Crippen LogP contribution in [0.25, 0.3) is 10.9 Å². The average Bonchev–Trinajstić information content (AvgIpc) is 3.34. The van der Waals surface area contributed by atoms with Crippen molar-refractivity contribution in [3.63, 3.8) is 0 Å². The molecule has 1 unspecified atom stereocenters. The van der Waals surface area contributed by atoms with Gasteiger partial charge in [-0.25, -0.2) is 0 Å². The van der Waals surface area contributed by atoms with E-state index in [-0.39, 0.29) is 11.8 Å².